The summed E-state index contributed by atoms with van der Waals surface area (Å²) in [7, 11) is 0. The number of guanidine groups is 1. The van der Waals surface area contributed by atoms with Gasteiger partial charge in [0, 0.05) is 30.5 Å². The van der Waals surface area contributed by atoms with Gasteiger partial charge in [0.05, 0.1) is 0 Å². The van der Waals surface area contributed by atoms with Crippen LogP contribution < -0.4 is 10.6 Å². The van der Waals surface area contributed by atoms with Gasteiger partial charge in [-0.3, -0.25) is 5.32 Å². The fourth-order valence-electron chi connectivity index (χ4n) is 4.11. The first-order chi connectivity index (χ1) is 14.1. The zero-order valence-corrected chi connectivity index (χ0v) is 17.9. The number of fused-ring (bicyclic) bond motifs is 1. The monoisotopic (exact) mass is 408 g/mol. The van der Waals surface area contributed by atoms with Crippen LogP contribution in [0.1, 0.15) is 48.2 Å². The number of anilines is 1. The van der Waals surface area contributed by atoms with Crippen molar-refractivity contribution in [3.05, 3.63) is 52.8 Å². The lowest BCUT2D eigenvalue weighted by Crippen LogP contribution is -2.42. The Morgan fingerprint density at radius 1 is 1.10 bits per heavy atom. The van der Waals surface area contributed by atoms with Gasteiger partial charge in [0.1, 0.15) is 0 Å². The minimum absolute atomic E-state index is 0.437. The molecule has 152 valence electrons. The van der Waals surface area contributed by atoms with Gasteiger partial charge in [-0.25, -0.2) is 9.97 Å². The molecule has 29 heavy (non-hydrogen) atoms. The van der Waals surface area contributed by atoms with Gasteiger partial charge < -0.3 is 10.2 Å². The molecule has 0 radical (unpaired) electrons. The number of aromatic nitrogens is 2. The maximum absolute atomic E-state index is 5.58. The summed E-state index contributed by atoms with van der Waals surface area (Å²) in [5.41, 5.74) is 4.58. The van der Waals surface area contributed by atoms with Gasteiger partial charge in [-0.1, -0.05) is 37.1 Å². The quantitative estimate of drug-likeness (QED) is 0.448. The molecule has 1 aliphatic heterocycles. The maximum atomic E-state index is 5.58. The molecule has 2 aromatic rings. The molecule has 1 aliphatic carbocycles. The zero-order valence-electron chi connectivity index (χ0n) is 17.1. The molecule has 0 unspecified atom stereocenters. The van der Waals surface area contributed by atoms with E-state index in [0.29, 0.717) is 23.1 Å². The van der Waals surface area contributed by atoms with Gasteiger partial charge in [-0.15, -0.1) is 0 Å². The molecule has 1 saturated carbocycles. The molecule has 1 aromatic heterocycles. The van der Waals surface area contributed by atoms with E-state index in [4.69, 9.17) is 17.2 Å². The van der Waals surface area contributed by atoms with Crippen molar-refractivity contribution in [1.29, 1.82) is 0 Å². The average Bonchev–Trinajstić information content (AvgIpc) is 3.19. The summed E-state index contributed by atoms with van der Waals surface area (Å²) >= 11 is 5.58. The van der Waals surface area contributed by atoms with E-state index in [9.17, 15) is 0 Å². The van der Waals surface area contributed by atoms with Crippen LogP contribution in [-0.2, 0) is 13.0 Å². The molecule has 1 fully saturated rings. The second-order valence-electron chi connectivity index (χ2n) is 7.91. The van der Waals surface area contributed by atoms with E-state index in [-0.39, 0.29) is 0 Å². The van der Waals surface area contributed by atoms with Crippen molar-refractivity contribution >= 4 is 29.2 Å². The van der Waals surface area contributed by atoms with E-state index < -0.39 is 0 Å². The van der Waals surface area contributed by atoms with E-state index in [1.165, 1.54) is 24.0 Å². The minimum Gasteiger partial charge on any atom is -0.358 e. The third-order valence-corrected chi connectivity index (χ3v) is 5.74. The summed E-state index contributed by atoms with van der Waals surface area (Å²) in [5.74, 6) is 1.27. The van der Waals surface area contributed by atoms with E-state index >= 15 is 0 Å². The lowest BCUT2D eigenvalue weighted by molar-refractivity contribution is 0.393. The second kappa shape index (κ2) is 8.86. The Bertz CT molecular complexity index is 899. The Morgan fingerprint density at radius 3 is 2.52 bits per heavy atom. The number of benzene rings is 1. The number of rotatable bonds is 2. The third-order valence-electron chi connectivity index (χ3n) is 5.53. The number of nitrogens with zero attached hydrogens (tertiary/aromatic N) is 4. The Morgan fingerprint density at radius 2 is 1.79 bits per heavy atom. The molecule has 0 atom stereocenters. The van der Waals surface area contributed by atoms with E-state index in [1.807, 2.05) is 19.9 Å². The van der Waals surface area contributed by atoms with Crippen LogP contribution in [0.3, 0.4) is 0 Å². The molecule has 0 spiro atoms. The van der Waals surface area contributed by atoms with E-state index in [0.717, 1.165) is 43.7 Å². The normalized spacial score (nSPS) is 17.2. The number of aryl methyl sites for hydroxylation is 2. The molecule has 2 aliphatic rings. The molecule has 2 N–H and O–H groups in total. The van der Waals surface area contributed by atoms with Gasteiger partial charge in [0.25, 0.3) is 0 Å². The van der Waals surface area contributed by atoms with Crippen LogP contribution >= 0.6 is 12.2 Å². The lowest BCUT2D eigenvalue weighted by atomic mass is 10.0. The second-order valence-corrected chi connectivity index (χ2v) is 8.29. The number of thiocarbonyl (C=S) groups is 1. The average molecular weight is 409 g/mol. The fraction of sp³-hybridized carbons (Fsp3) is 0.455. The minimum atomic E-state index is 0.437. The maximum Gasteiger partial charge on any atom is 0.229 e. The smallest absolute Gasteiger partial charge is 0.229 e. The highest BCUT2D eigenvalue weighted by molar-refractivity contribution is 7.80. The molecule has 0 bridgehead atoms. The molecular formula is C22H28N6S. The Kier molecular flexibility index (Phi) is 6.04. The molecule has 0 amide bonds. The van der Waals surface area contributed by atoms with Gasteiger partial charge in [0.15, 0.2) is 5.11 Å². The van der Waals surface area contributed by atoms with Gasteiger partial charge in [-0.05, 0) is 62.5 Å². The summed E-state index contributed by atoms with van der Waals surface area (Å²) in [6.45, 7) is 5.61. The Hall–Kier alpha value is -2.54. The largest absolute Gasteiger partial charge is 0.358 e. The SMILES string of the molecule is Cc1cc(C)nc(N/C(=N/C(=S)NC2CCCC2)N2CCc3ccccc3C2)n1. The molecule has 2 heterocycles. The number of aliphatic imine (C=N–C) groups is 1. The summed E-state index contributed by atoms with van der Waals surface area (Å²) in [5, 5.41) is 7.29. The predicted molar refractivity (Wildman–Crippen MR) is 121 cm³/mol. The number of nitrogens with one attached hydrogen (secondary N) is 2. The Labute approximate surface area is 177 Å². The van der Waals surface area contributed by atoms with Crippen molar-refractivity contribution in [1.82, 2.24) is 20.2 Å². The number of hydrogen-bond donors (Lipinski definition) is 2. The molecule has 4 rings (SSSR count). The van der Waals surface area contributed by atoms with Crippen LogP contribution in [0.5, 0.6) is 0 Å². The first-order valence-electron chi connectivity index (χ1n) is 10.4. The van der Waals surface area contributed by atoms with Gasteiger partial charge in [-0.2, -0.15) is 4.99 Å². The zero-order chi connectivity index (χ0) is 20.2. The van der Waals surface area contributed by atoms with Crippen molar-refractivity contribution in [2.45, 2.75) is 58.5 Å². The van der Waals surface area contributed by atoms with Crippen molar-refractivity contribution in [2.24, 2.45) is 4.99 Å². The van der Waals surface area contributed by atoms with Crippen LogP contribution in [0.25, 0.3) is 0 Å². The topological polar surface area (TPSA) is 65.4 Å². The van der Waals surface area contributed by atoms with Gasteiger partial charge >= 0.3 is 0 Å². The number of hydrogen-bond acceptors (Lipinski definition) is 3. The summed E-state index contributed by atoms with van der Waals surface area (Å²) in [6, 6.07) is 11.0. The first kappa shape index (κ1) is 19.8. The van der Waals surface area contributed by atoms with Crippen molar-refractivity contribution < 1.29 is 0 Å². The van der Waals surface area contributed by atoms with Crippen LogP contribution in [0.2, 0.25) is 0 Å². The highest BCUT2D eigenvalue weighted by Gasteiger charge is 2.21. The first-order valence-corrected chi connectivity index (χ1v) is 10.8. The summed E-state index contributed by atoms with van der Waals surface area (Å²) in [6.07, 6.45) is 5.82. The third kappa shape index (κ3) is 5.09. The van der Waals surface area contributed by atoms with E-state index in [1.54, 1.807) is 0 Å². The fourth-order valence-corrected chi connectivity index (χ4v) is 4.36. The Balaban J connectivity index is 1.57. The van der Waals surface area contributed by atoms with Crippen LogP contribution in [0, 0.1) is 13.8 Å². The highest BCUT2D eigenvalue weighted by Crippen LogP contribution is 2.20. The van der Waals surface area contributed by atoms with Crippen LogP contribution in [0.4, 0.5) is 5.95 Å². The predicted octanol–water partition coefficient (Wildman–Crippen LogP) is 3.74. The van der Waals surface area contributed by atoms with Gasteiger partial charge in [0.2, 0.25) is 11.9 Å². The summed E-state index contributed by atoms with van der Waals surface area (Å²) < 4.78 is 0. The van der Waals surface area contributed by atoms with Crippen LogP contribution in [-0.4, -0.2) is 38.5 Å². The molecular weight excluding hydrogens is 380 g/mol. The van der Waals surface area contributed by atoms with E-state index in [2.05, 4.69) is 49.8 Å². The van der Waals surface area contributed by atoms with Crippen molar-refractivity contribution in [2.75, 3.05) is 11.9 Å². The highest BCUT2D eigenvalue weighted by atomic mass is 32.1. The van der Waals surface area contributed by atoms with Crippen molar-refractivity contribution in [3.8, 4) is 0 Å². The molecule has 0 saturated heterocycles. The van der Waals surface area contributed by atoms with Crippen molar-refractivity contribution in [3.63, 3.8) is 0 Å². The molecule has 7 heteroatoms. The lowest BCUT2D eigenvalue weighted by Gasteiger charge is -2.31. The molecule has 1 aromatic carbocycles. The summed E-state index contributed by atoms with van der Waals surface area (Å²) in [4.78, 5) is 16.1. The standard InChI is InChI=1S/C22H28N6S/c1-15-13-16(2)24-20(23-15)26-21(27-22(29)25-19-9-5-6-10-19)28-12-11-17-7-3-4-8-18(17)14-28/h3-4,7-8,13,19H,5-6,9-12,14H2,1-2H3,(H2,23,24,25,26,27,29). The molecule has 6 nitrogen and oxygen atoms in total. The van der Waals surface area contributed by atoms with Crippen LogP contribution in [0.15, 0.2) is 35.3 Å².